The standard InChI is InChI=1S/C19H23NO2/c1-14-8-10-16(11-9-14)12-13-19(21)20-15(2)17-6-4-5-7-18(17)22-3/h4-11,15H,12-13H2,1-3H3,(H,20,21)/t15-/m0/s1. The second-order valence-corrected chi connectivity index (χ2v) is 5.52. The van der Waals surface area contributed by atoms with Crippen LogP contribution in [0.1, 0.15) is 36.1 Å². The summed E-state index contributed by atoms with van der Waals surface area (Å²) in [6, 6.07) is 16.0. The second-order valence-electron chi connectivity index (χ2n) is 5.52. The summed E-state index contributed by atoms with van der Waals surface area (Å²) in [4.78, 5) is 12.1. The summed E-state index contributed by atoms with van der Waals surface area (Å²) in [5.41, 5.74) is 3.41. The molecule has 2 aromatic rings. The first-order valence-electron chi connectivity index (χ1n) is 7.58. The minimum absolute atomic E-state index is 0.0546. The van der Waals surface area contributed by atoms with Crippen LogP contribution in [0.3, 0.4) is 0 Å². The van der Waals surface area contributed by atoms with Crippen LogP contribution in [0.4, 0.5) is 0 Å². The van der Waals surface area contributed by atoms with Crippen molar-refractivity contribution in [2.45, 2.75) is 32.7 Å². The van der Waals surface area contributed by atoms with Crippen LogP contribution in [-0.4, -0.2) is 13.0 Å². The van der Waals surface area contributed by atoms with E-state index in [1.54, 1.807) is 7.11 Å². The van der Waals surface area contributed by atoms with Crippen LogP contribution < -0.4 is 10.1 Å². The normalized spacial score (nSPS) is 11.8. The van der Waals surface area contributed by atoms with Crippen LogP contribution in [0.5, 0.6) is 5.75 Å². The van der Waals surface area contributed by atoms with Gasteiger partial charge >= 0.3 is 0 Å². The number of hydrogen-bond donors (Lipinski definition) is 1. The molecule has 0 aliphatic carbocycles. The molecule has 0 saturated heterocycles. The van der Waals surface area contributed by atoms with Crippen molar-refractivity contribution in [3.05, 3.63) is 65.2 Å². The van der Waals surface area contributed by atoms with E-state index in [0.29, 0.717) is 6.42 Å². The van der Waals surface area contributed by atoms with Crippen molar-refractivity contribution < 1.29 is 9.53 Å². The molecule has 0 fully saturated rings. The zero-order valence-electron chi connectivity index (χ0n) is 13.4. The summed E-state index contributed by atoms with van der Waals surface area (Å²) < 4.78 is 5.34. The molecule has 1 atom stereocenters. The Morgan fingerprint density at radius 2 is 1.82 bits per heavy atom. The fourth-order valence-corrected chi connectivity index (χ4v) is 2.43. The summed E-state index contributed by atoms with van der Waals surface area (Å²) in [7, 11) is 1.64. The average Bonchev–Trinajstić information content (AvgIpc) is 2.54. The van der Waals surface area contributed by atoms with E-state index in [1.165, 1.54) is 11.1 Å². The number of carbonyl (C=O) groups excluding carboxylic acids is 1. The maximum atomic E-state index is 12.1. The topological polar surface area (TPSA) is 38.3 Å². The smallest absolute Gasteiger partial charge is 0.220 e. The van der Waals surface area contributed by atoms with E-state index in [0.717, 1.165) is 17.7 Å². The van der Waals surface area contributed by atoms with Gasteiger partial charge < -0.3 is 10.1 Å². The maximum Gasteiger partial charge on any atom is 0.220 e. The monoisotopic (exact) mass is 297 g/mol. The van der Waals surface area contributed by atoms with Crippen molar-refractivity contribution >= 4 is 5.91 Å². The zero-order chi connectivity index (χ0) is 15.9. The van der Waals surface area contributed by atoms with Gasteiger partial charge in [0.05, 0.1) is 13.2 Å². The first-order chi connectivity index (χ1) is 10.6. The van der Waals surface area contributed by atoms with Crippen LogP contribution in [-0.2, 0) is 11.2 Å². The fraction of sp³-hybridized carbons (Fsp3) is 0.316. The van der Waals surface area contributed by atoms with Gasteiger partial charge in [-0.05, 0) is 31.9 Å². The second kappa shape index (κ2) is 7.64. The van der Waals surface area contributed by atoms with Gasteiger partial charge in [0.1, 0.15) is 5.75 Å². The summed E-state index contributed by atoms with van der Waals surface area (Å²) in [6.07, 6.45) is 1.24. The molecule has 2 aromatic carbocycles. The number of ether oxygens (including phenoxy) is 1. The molecule has 0 radical (unpaired) electrons. The molecule has 116 valence electrons. The fourth-order valence-electron chi connectivity index (χ4n) is 2.43. The average molecular weight is 297 g/mol. The van der Waals surface area contributed by atoms with Crippen molar-refractivity contribution in [2.75, 3.05) is 7.11 Å². The number of amides is 1. The van der Waals surface area contributed by atoms with Crippen LogP contribution >= 0.6 is 0 Å². The number of methoxy groups -OCH3 is 1. The lowest BCUT2D eigenvalue weighted by Gasteiger charge is -2.17. The minimum atomic E-state index is -0.0679. The molecule has 1 N–H and O–H groups in total. The first kappa shape index (κ1) is 16.1. The third-order valence-corrected chi connectivity index (χ3v) is 3.74. The molecule has 2 rings (SSSR count). The van der Waals surface area contributed by atoms with Gasteiger partial charge in [-0.2, -0.15) is 0 Å². The van der Waals surface area contributed by atoms with Crippen LogP contribution in [0.2, 0.25) is 0 Å². The van der Waals surface area contributed by atoms with E-state index in [4.69, 9.17) is 4.74 Å². The Balaban J connectivity index is 1.90. The molecule has 0 heterocycles. The van der Waals surface area contributed by atoms with Crippen LogP contribution in [0.15, 0.2) is 48.5 Å². The predicted molar refractivity (Wildman–Crippen MR) is 89.1 cm³/mol. The highest BCUT2D eigenvalue weighted by atomic mass is 16.5. The minimum Gasteiger partial charge on any atom is -0.496 e. The number of benzene rings is 2. The lowest BCUT2D eigenvalue weighted by Crippen LogP contribution is -2.27. The highest BCUT2D eigenvalue weighted by Crippen LogP contribution is 2.24. The van der Waals surface area contributed by atoms with Gasteiger partial charge in [-0.3, -0.25) is 4.79 Å². The zero-order valence-corrected chi connectivity index (χ0v) is 13.4. The van der Waals surface area contributed by atoms with E-state index in [2.05, 4.69) is 36.5 Å². The number of hydrogen-bond acceptors (Lipinski definition) is 2. The van der Waals surface area contributed by atoms with Crippen LogP contribution in [0.25, 0.3) is 0 Å². The molecule has 0 saturated carbocycles. The number of rotatable bonds is 6. The Morgan fingerprint density at radius 1 is 1.14 bits per heavy atom. The molecular weight excluding hydrogens is 274 g/mol. The van der Waals surface area contributed by atoms with E-state index in [9.17, 15) is 4.79 Å². The highest BCUT2D eigenvalue weighted by Gasteiger charge is 2.13. The Bertz CT molecular complexity index is 620. The van der Waals surface area contributed by atoms with Crippen LogP contribution in [0, 0.1) is 6.92 Å². The van der Waals surface area contributed by atoms with Gasteiger partial charge in [0.2, 0.25) is 5.91 Å². The Labute approximate surface area is 132 Å². The van der Waals surface area contributed by atoms with Gasteiger partial charge in [0.25, 0.3) is 0 Å². The Kier molecular flexibility index (Phi) is 5.59. The van der Waals surface area contributed by atoms with Gasteiger partial charge in [-0.1, -0.05) is 48.0 Å². The van der Waals surface area contributed by atoms with E-state index >= 15 is 0 Å². The Morgan fingerprint density at radius 3 is 2.50 bits per heavy atom. The molecule has 3 nitrogen and oxygen atoms in total. The third kappa shape index (κ3) is 4.35. The van der Waals surface area contributed by atoms with E-state index in [1.807, 2.05) is 31.2 Å². The summed E-state index contributed by atoms with van der Waals surface area (Å²) in [5, 5.41) is 3.03. The van der Waals surface area contributed by atoms with E-state index < -0.39 is 0 Å². The Hall–Kier alpha value is -2.29. The number of nitrogens with one attached hydrogen (secondary N) is 1. The highest BCUT2D eigenvalue weighted by molar-refractivity contribution is 5.76. The lowest BCUT2D eigenvalue weighted by atomic mass is 10.1. The number of para-hydroxylation sites is 1. The summed E-state index contributed by atoms with van der Waals surface area (Å²) in [5.74, 6) is 0.854. The molecule has 0 bridgehead atoms. The van der Waals surface area contributed by atoms with Crippen molar-refractivity contribution in [1.29, 1.82) is 0 Å². The van der Waals surface area contributed by atoms with Gasteiger partial charge in [0, 0.05) is 12.0 Å². The molecule has 0 aliphatic heterocycles. The summed E-state index contributed by atoms with van der Waals surface area (Å²) in [6.45, 7) is 4.03. The van der Waals surface area contributed by atoms with Gasteiger partial charge in [0.15, 0.2) is 0 Å². The molecule has 22 heavy (non-hydrogen) atoms. The lowest BCUT2D eigenvalue weighted by molar-refractivity contribution is -0.121. The maximum absolute atomic E-state index is 12.1. The van der Waals surface area contributed by atoms with Crippen molar-refractivity contribution in [1.82, 2.24) is 5.32 Å². The molecule has 1 amide bonds. The van der Waals surface area contributed by atoms with Gasteiger partial charge in [-0.25, -0.2) is 0 Å². The van der Waals surface area contributed by atoms with E-state index in [-0.39, 0.29) is 11.9 Å². The van der Waals surface area contributed by atoms with Crippen molar-refractivity contribution in [3.63, 3.8) is 0 Å². The van der Waals surface area contributed by atoms with Crippen molar-refractivity contribution in [3.8, 4) is 5.75 Å². The predicted octanol–water partition coefficient (Wildman–Crippen LogP) is 3.81. The molecule has 0 aliphatic rings. The number of aryl methyl sites for hydroxylation is 2. The molecule has 0 spiro atoms. The first-order valence-corrected chi connectivity index (χ1v) is 7.58. The summed E-state index contributed by atoms with van der Waals surface area (Å²) >= 11 is 0. The van der Waals surface area contributed by atoms with Gasteiger partial charge in [-0.15, -0.1) is 0 Å². The molecule has 0 aromatic heterocycles. The van der Waals surface area contributed by atoms with Crippen molar-refractivity contribution in [2.24, 2.45) is 0 Å². The molecule has 3 heteroatoms. The quantitative estimate of drug-likeness (QED) is 0.880. The third-order valence-electron chi connectivity index (χ3n) is 3.74. The number of carbonyl (C=O) groups is 1. The molecular formula is C19H23NO2. The largest absolute Gasteiger partial charge is 0.496 e. The SMILES string of the molecule is COc1ccccc1[C@H](C)NC(=O)CCc1ccc(C)cc1. The molecule has 0 unspecified atom stereocenters.